The highest BCUT2D eigenvalue weighted by Crippen LogP contribution is 2.26. The van der Waals surface area contributed by atoms with Gasteiger partial charge in [-0.1, -0.05) is 62.7 Å². The lowest BCUT2D eigenvalue weighted by molar-refractivity contribution is 0.590. The van der Waals surface area contributed by atoms with Crippen LogP contribution in [-0.4, -0.2) is 19.6 Å². The van der Waals surface area contributed by atoms with Crippen LogP contribution in [0, 0.1) is 20.8 Å². The Kier molecular flexibility index (Phi) is 4.61. The highest BCUT2D eigenvalue weighted by Gasteiger charge is 2.15. The molecule has 0 fully saturated rings. The van der Waals surface area contributed by atoms with Crippen LogP contribution in [0.4, 0.5) is 11.5 Å². The van der Waals surface area contributed by atoms with Crippen molar-refractivity contribution in [2.45, 2.75) is 47.0 Å². The largest absolute Gasteiger partial charge is 0.340 e. The van der Waals surface area contributed by atoms with Crippen molar-refractivity contribution in [2.24, 2.45) is 0 Å². The van der Waals surface area contributed by atoms with Crippen LogP contribution in [0.5, 0.6) is 0 Å². The molecule has 4 rings (SSSR count). The van der Waals surface area contributed by atoms with E-state index in [-0.39, 0.29) is 5.41 Å². The van der Waals surface area contributed by atoms with E-state index in [0.29, 0.717) is 11.6 Å². The van der Waals surface area contributed by atoms with Gasteiger partial charge in [0.1, 0.15) is 5.82 Å². The van der Waals surface area contributed by atoms with E-state index in [2.05, 4.69) is 92.4 Å². The zero-order valence-electron chi connectivity index (χ0n) is 17.9. The Balaban J connectivity index is 1.75. The molecule has 0 aliphatic carbocycles. The third-order valence-electron chi connectivity index (χ3n) is 5.09. The van der Waals surface area contributed by atoms with E-state index in [9.17, 15) is 0 Å². The van der Waals surface area contributed by atoms with Crippen LogP contribution in [0.1, 0.15) is 43.2 Å². The smallest absolute Gasteiger partial charge is 0.254 e. The van der Waals surface area contributed by atoms with Gasteiger partial charge in [-0.3, -0.25) is 0 Å². The average Bonchev–Trinajstić information content (AvgIpc) is 3.07. The van der Waals surface area contributed by atoms with Crippen molar-refractivity contribution >= 4 is 17.3 Å². The topological polar surface area (TPSA) is 55.1 Å². The Bertz CT molecular complexity index is 1180. The van der Waals surface area contributed by atoms with Crippen molar-refractivity contribution in [3.63, 3.8) is 0 Å². The Labute approximate surface area is 171 Å². The van der Waals surface area contributed by atoms with Crippen LogP contribution in [0.25, 0.3) is 17.2 Å². The van der Waals surface area contributed by atoms with Crippen molar-refractivity contribution in [3.05, 3.63) is 70.9 Å². The summed E-state index contributed by atoms with van der Waals surface area (Å²) >= 11 is 0. The zero-order chi connectivity index (χ0) is 20.8. The first-order valence-corrected chi connectivity index (χ1v) is 9.90. The fourth-order valence-corrected chi connectivity index (χ4v) is 3.41. The predicted octanol–water partition coefficient (Wildman–Crippen LogP) is 5.76. The van der Waals surface area contributed by atoms with Crippen molar-refractivity contribution in [2.75, 3.05) is 5.32 Å². The molecule has 2 heterocycles. The molecule has 0 amide bonds. The molecule has 0 saturated carbocycles. The first kappa shape index (κ1) is 19.1. The molecule has 0 radical (unpaired) electrons. The van der Waals surface area contributed by atoms with E-state index in [1.165, 1.54) is 16.7 Å². The molecule has 5 nitrogen and oxygen atoms in total. The fraction of sp³-hybridized carbons (Fsp3) is 0.292. The maximum Gasteiger partial charge on any atom is 0.254 e. The molecule has 0 bridgehead atoms. The minimum absolute atomic E-state index is 0.118. The van der Waals surface area contributed by atoms with E-state index >= 15 is 0 Å². The molecular weight excluding hydrogens is 358 g/mol. The van der Waals surface area contributed by atoms with Crippen LogP contribution in [0.2, 0.25) is 0 Å². The predicted molar refractivity (Wildman–Crippen MR) is 119 cm³/mol. The van der Waals surface area contributed by atoms with Crippen LogP contribution >= 0.6 is 0 Å². The number of nitrogens with one attached hydrogen (secondary N) is 1. The lowest BCUT2D eigenvalue weighted by Crippen LogP contribution is -2.10. The van der Waals surface area contributed by atoms with E-state index in [1.807, 2.05) is 13.0 Å². The van der Waals surface area contributed by atoms with Gasteiger partial charge in [-0.05, 0) is 43.4 Å². The van der Waals surface area contributed by atoms with Gasteiger partial charge in [0.2, 0.25) is 0 Å². The fourth-order valence-electron chi connectivity index (χ4n) is 3.41. The molecule has 1 N–H and O–H groups in total. The molecule has 2 aromatic heterocycles. The molecule has 29 heavy (non-hydrogen) atoms. The van der Waals surface area contributed by atoms with E-state index in [1.54, 1.807) is 4.52 Å². The monoisotopic (exact) mass is 385 g/mol. The summed E-state index contributed by atoms with van der Waals surface area (Å²) < 4.78 is 1.78. The second-order valence-electron chi connectivity index (χ2n) is 8.70. The maximum atomic E-state index is 4.74. The Morgan fingerprint density at radius 1 is 0.862 bits per heavy atom. The number of anilines is 2. The van der Waals surface area contributed by atoms with Crippen LogP contribution in [-0.2, 0) is 5.41 Å². The summed E-state index contributed by atoms with van der Waals surface area (Å²) in [7, 11) is 0. The van der Waals surface area contributed by atoms with Crippen molar-refractivity contribution in [1.29, 1.82) is 0 Å². The van der Waals surface area contributed by atoms with E-state index < -0.39 is 0 Å². The highest BCUT2D eigenvalue weighted by molar-refractivity contribution is 5.64. The van der Waals surface area contributed by atoms with Gasteiger partial charge in [0.15, 0.2) is 5.82 Å². The SMILES string of the molecule is Cc1ccc(Nc2cc(C)nc3nc(-c4ccc(C(C)(C)C)cc4)nn23)c(C)c1. The minimum Gasteiger partial charge on any atom is -0.340 e. The van der Waals surface area contributed by atoms with Gasteiger partial charge in [0.25, 0.3) is 5.78 Å². The van der Waals surface area contributed by atoms with Gasteiger partial charge in [-0.15, -0.1) is 5.10 Å². The summed E-state index contributed by atoms with van der Waals surface area (Å²) in [5.41, 5.74) is 6.76. The summed E-state index contributed by atoms with van der Waals surface area (Å²) in [5.74, 6) is 2.11. The Morgan fingerprint density at radius 3 is 2.24 bits per heavy atom. The zero-order valence-corrected chi connectivity index (χ0v) is 17.9. The van der Waals surface area contributed by atoms with Gasteiger partial charge in [-0.25, -0.2) is 4.98 Å². The summed E-state index contributed by atoms with van der Waals surface area (Å²) in [4.78, 5) is 9.24. The molecule has 0 saturated heterocycles. The van der Waals surface area contributed by atoms with Crippen molar-refractivity contribution in [1.82, 2.24) is 19.6 Å². The molecule has 0 aliphatic rings. The number of nitrogens with zero attached hydrogens (tertiary/aromatic N) is 4. The number of rotatable bonds is 3. The maximum absolute atomic E-state index is 4.74. The summed E-state index contributed by atoms with van der Waals surface area (Å²) in [6.07, 6.45) is 0. The molecule has 148 valence electrons. The summed E-state index contributed by atoms with van der Waals surface area (Å²) in [6.45, 7) is 12.8. The first-order chi connectivity index (χ1) is 13.7. The minimum atomic E-state index is 0.118. The van der Waals surface area contributed by atoms with E-state index in [0.717, 1.165) is 22.8 Å². The number of hydrogen-bond donors (Lipinski definition) is 1. The van der Waals surface area contributed by atoms with Crippen LogP contribution in [0.15, 0.2) is 48.5 Å². The van der Waals surface area contributed by atoms with Gasteiger partial charge >= 0.3 is 0 Å². The lowest BCUT2D eigenvalue weighted by Gasteiger charge is -2.18. The number of aryl methyl sites for hydroxylation is 3. The Morgan fingerprint density at radius 2 is 1.59 bits per heavy atom. The third-order valence-corrected chi connectivity index (χ3v) is 5.09. The number of aromatic nitrogens is 4. The summed E-state index contributed by atoms with van der Waals surface area (Å²) in [6, 6.07) is 16.8. The van der Waals surface area contributed by atoms with Crippen LogP contribution in [0.3, 0.4) is 0 Å². The van der Waals surface area contributed by atoms with Crippen molar-refractivity contribution < 1.29 is 0 Å². The number of hydrogen-bond acceptors (Lipinski definition) is 4. The van der Waals surface area contributed by atoms with Gasteiger partial charge in [0, 0.05) is 23.0 Å². The van der Waals surface area contributed by atoms with Gasteiger partial charge in [-0.2, -0.15) is 9.50 Å². The highest BCUT2D eigenvalue weighted by atomic mass is 15.4. The standard InChI is InChI=1S/C24H27N5/c1-15-7-12-20(16(2)13-15)26-21-14-17(3)25-23-27-22(28-29(21)23)18-8-10-19(11-9-18)24(4,5)6/h7-14,26H,1-6H3. The average molecular weight is 386 g/mol. The van der Waals surface area contributed by atoms with Crippen molar-refractivity contribution in [3.8, 4) is 11.4 Å². The lowest BCUT2D eigenvalue weighted by atomic mass is 9.87. The molecule has 0 unspecified atom stereocenters. The molecular formula is C24H27N5. The van der Waals surface area contributed by atoms with E-state index in [4.69, 9.17) is 5.10 Å². The molecule has 0 spiro atoms. The first-order valence-electron chi connectivity index (χ1n) is 9.90. The molecule has 4 aromatic rings. The second kappa shape index (κ2) is 6.99. The number of fused-ring (bicyclic) bond motifs is 1. The second-order valence-corrected chi connectivity index (χ2v) is 8.70. The van der Waals surface area contributed by atoms with Gasteiger partial charge in [0.05, 0.1) is 0 Å². The van der Waals surface area contributed by atoms with Crippen LogP contribution < -0.4 is 5.32 Å². The molecule has 0 aliphatic heterocycles. The number of benzene rings is 2. The van der Waals surface area contributed by atoms with Gasteiger partial charge < -0.3 is 5.32 Å². The molecule has 0 atom stereocenters. The molecule has 2 aromatic carbocycles. The normalized spacial score (nSPS) is 11.8. The molecule has 5 heteroatoms. The Hall–Kier alpha value is -3.21. The third kappa shape index (κ3) is 3.86. The quantitative estimate of drug-likeness (QED) is 0.487. The summed E-state index contributed by atoms with van der Waals surface area (Å²) in [5, 5.41) is 8.24.